The first kappa shape index (κ1) is 28.4. The van der Waals surface area contributed by atoms with Crippen LogP contribution in [0.5, 0.6) is 0 Å². The number of hydrogen-bond donors (Lipinski definition) is 1. The number of halogens is 1. The van der Waals surface area contributed by atoms with Crippen LogP contribution in [0.3, 0.4) is 0 Å². The second kappa shape index (κ2) is 11.1. The smallest absolute Gasteiger partial charge is 0.256 e. The molecule has 2 aromatic heterocycles. The molecule has 1 N–H and O–H groups in total. The Morgan fingerprint density at radius 1 is 0.933 bits per heavy atom. The SMILES string of the molecule is Cc1nc2c(C(=O)N3CCC(CCN4[C@@H]5CC[C@H]4CC(n4c(C)nc6ccccc64)C5)(c4cccc(F)c4)CC3)cccc2[nH]1. The highest BCUT2D eigenvalue weighted by atomic mass is 19.1. The highest BCUT2D eigenvalue weighted by Gasteiger charge is 2.44. The van der Waals surface area contributed by atoms with Crippen LogP contribution < -0.4 is 0 Å². The molecule has 1 amide bonds. The van der Waals surface area contributed by atoms with Gasteiger partial charge >= 0.3 is 0 Å². The molecule has 3 fully saturated rings. The van der Waals surface area contributed by atoms with Crippen LogP contribution >= 0.6 is 0 Å². The fourth-order valence-corrected chi connectivity index (χ4v) is 8.93. The lowest BCUT2D eigenvalue weighted by Crippen LogP contribution is -2.49. The summed E-state index contributed by atoms with van der Waals surface area (Å²) in [5, 5.41) is 0. The van der Waals surface area contributed by atoms with Crippen molar-refractivity contribution in [3.63, 3.8) is 0 Å². The lowest BCUT2D eigenvalue weighted by atomic mass is 9.70. The van der Waals surface area contributed by atoms with E-state index in [4.69, 9.17) is 4.98 Å². The quantitative estimate of drug-likeness (QED) is 0.225. The van der Waals surface area contributed by atoms with Gasteiger partial charge in [0.05, 0.1) is 22.1 Å². The summed E-state index contributed by atoms with van der Waals surface area (Å²) in [6.45, 7) is 6.36. The van der Waals surface area contributed by atoms with Gasteiger partial charge in [0.1, 0.15) is 23.0 Å². The monoisotopic (exact) mass is 604 g/mol. The number of likely N-dealkylation sites (tertiary alicyclic amines) is 1. The Morgan fingerprint density at radius 3 is 2.47 bits per heavy atom. The molecule has 8 heteroatoms. The summed E-state index contributed by atoms with van der Waals surface area (Å²) in [5.74, 6) is 1.76. The molecule has 5 heterocycles. The van der Waals surface area contributed by atoms with Gasteiger partial charge in [-0.05, 0) is 113 Å². The van der Waals surface area contributed by atoms with Crippen molar-refractivity contribution in [1.82, 2.24) is 29.3 Å². The molecular formula is C37H41FN6O. The molecule has 3 aromatic carbocycles. The van der Waals surface area contributed by atoms with Gasteiger partial charge < -0.3 is 14.5 Å². The highest BCUT2D eigenvalue weighted by molar-refractivity contribution is 6.05. The van der Waals surface area contributed by atoms with Gasteiger partial charge in [-0.15, -0.1) is 0 Å². The van der Waals surface area contributed by atoms with Crippen molar-refractivity contribution in [3.8, 4) is 0 Å². The number of fused-ring (bicyclic) bond motifs is 4. The third kappa shape index (κ3) is 4.94. The van der Waals surface area contributed by atoms with E-state index in [1.165, 1.54) is 24.4 Å². The molecule has 0 saturated carbocycles. The number of imidazole rings is 2. The molecule has 45 heavy (non-hydrogen) atoms. The number of rotatable bonds is 6. The molecule has 1 unspecified atom stereocenters. The third-order valence-electron chi connectivity index (χ3n) is 11.2. The van der Waals surface area contributed by atoms with Crippen LogP contribution in [-0.2, 0) is 5.41 Å². The largest absolute Gasteiger partial charge is 0.342 e. The fraction of sp³-hybridized carbons (Fsp3) is 0.432. The van der Waals surface area contributed by atoms with Gasteiger partial charge in [0, 0.05) is 31.2 Å². The zero-order chi connectivity index (χ0) is 30.7. The maximum atomic E-state index is 14.6. The molecule has 7 nitrogen and oxygen atoms in total. The number of H-pyrrole nitrogens is 1. The Hall–Kier alpha value is -4.04. The van der Waals surface area contributed by atoms with Gasteiger partial charge in [0.15, 0.2) is 0 Å². The molecule has 232 valence electrons. The molecule has 3 saturated heterocycles. The number of aryl methyl sites for hydroxylation is 2. The molecule has 3 aliphatic heterocycles. The minimum absolute atomic E-state index is 0.0300. The molecule has 2 bridgehead atoms. The molecule has 0 aliphatic carbocycles. The Morgan fingerprint density at radius 2 is 1.69 bits per heavy atom. The number of nitrogens with one attached hydrogen (secondary N) is 1. The average Bonchev–Trinajstić information content (AvgIpc) is 3.67. The molecule has 5 aromatic rings. The normalized spacial score (nSPS) is 23.3. The number of nitrogens with zero attached hydrogens (tertiary/aromatic N) is 5. The van der Waals surface area contributed by atoms with Crippen molar-refractivity contribution in [2.45, 2.75) is 82.3 Å². The van der Waals surface area contributed by atoms with E-state index in [2.05, 4.69) is 56.7 Å². The molecule has 3 atom stereocenters. The van der Waals surface area contributed by atoms with Gasteiger partial charge in [-0.3, -0.25) is 9.69 Å². The lowest BCUT2D eigenvalue weighted by molar-refractivity contribution is 0.0608. The standard InChI is InChI=1S/C37H41FN6O/c1-24-39-33-11-6-9-31(35(33)40-24)36(45)42-18-15-37(16-19-42,26-7-5-8-27(38)21-26)17-20-43-28-13-14-29(43)23-30(22-28)44-25(2)41-32-10-3-4-12-34(32)44/h3-12,21,28-30H,13-20,22-23H2,1-2H3,(H,39,40)/t28-,29+,30?. The van der Waals surface area contributed by atoms with Gasteiger partial charge in [0.2, 0.25) is 0 Å². The number of aromatic amines is 1. The first-order chi connectivity index (χ1) is 21.9. The molecule has 3 aliphatic rings. The van der Waals surface area contributed by atoms with E-state index < -0.39 is 0 Å². The highest BCUT2D eigenvalue weighted by Crippen LogP contribution is 2.45. The molecule has 8 rings (SSSR count). The van der Waals surface area contributed by atoms with Crippen molar-refractivity contribution < 1.29 is 9.18 Å². The van der Waals surface area contributed by atoms with Crippen LogP contribution in [0.15, 0.2) is 66.7 Å². The van der Waals surface area contributed by atoms with Gasteiger partial charge in [-0.2, -0.15) is 0 Å². The fourth-order valence-electron chi connectivity index (χ4n) is 8.93. The first-order valence-electron chi connectivity index (χ1n) is 16.6. The number of hydrogen-bond acceptors (Lipinski definition) is 4. The van der Waals surface area contributed by atoms with E-state index in [1.54, 1.807) is 6.07 Å². The summed E-state index contributed by atoms with van der Waals surface area (Å²) in [6, 6.07) is 23.1. The predicted octanol–water partition coefficient (Wildman–Crippen LogP) is 7.10. The summed E-state index contributed by atoms with van der Waals surface area (Å²) in [6.07, 6.45) is 7.38. The van der Waals surface area contributed by atoms with Crippen molar-refractivity contribution in [3.05, 3.63) is 95.3 Å². The number of amides is 1. The molecule has 0 radical (unpaired) electrons. The number of aromatic nitrogens is 4. The number of carbonyl (C=O) groups is 1. The van der Waals surface area contributed by atoms with E-state index in [9.17, 15) is 9.18 Å². The lowest BCUT2D eigenvalue weighted by Gasteiger charge is -2.45. The first-order valence-corrected chi connectivity index (χ1v) is 16.6. The topological polar surface area (TPSA) is 70.1 Å². The van der Waals surface area contributed by atoms with E-state index in [1.807, 2.05) is 36.1 Å². The maximum Gasteiger partial charge on any atom is 0.256 e. The molecular weight excluding hydrogens is 563 g/mol. The zero-order valence-electron chi connectivity index (χ0n) is 26.2. The average molecular weight is 605 g/mol. The van der Waals surface area contributed by atoms with Crippen LogP contribution in [-0.4, -0.2) is 66.9 Å². The second-order valence-electron chi connectivity index (χ2n) is 13.6. The van der Waals surface area contributed by atoms with Crippen molar-refractivity contribution in [2.75, 3.05) is 19.6 Å². The van der Waals surface area contributed by atoms with Crippen LogP contribution in [0.25, 0.3) is 22.1 Å². The van der Waals surface area contributed by atoms with Gasteiger partial charge in [-0.1, -0.05) is 30.3 Å². The van der Waals surface area contributed by atoms with Crippen molar-refractivity contribution in [1.29, 1.82) is 0 Å². The summed E-state index contributed by atoms with van der Waals surface area (Å²) in [5.41, 5.74) is 5.51. The minimum atomic E-state index is -0.185. The van der Waals surface area contributed by atoms with Crippen molar-refractivity contribution >= 4 is 28.0 Å². The van der Waals surface area contributed by atoms with Gasteiger partial charge in [-0.25, -0.2) is 14.4 Å². The summed E-state index contributed by atoms with van der Waals surface area (Å²) in [4.78, 5) is 31.2. The van der Waals surface area contributed by atoms with E-state index in [0.717, 1.165) is 72.4 Å². The summed E-state index contributed by atoms with van der Waals surface area (Å²) < 4.78 is 17.1. The zero-order valence-corrected chi connectivity index (χ0v) is 26.2. The van der Waals surface area contributed by atoms with Crippen LogP contribution in [0.2, 0.25) is 0 Å². The minimum Gasteiger partial charge on any atom is -0.342 e. The van der Waals surface area contributed by atoms with Crippen LogP contribution in [0.1, 0.15) is 78.6 Å². The van der Waals surface area contributed by atoms with E-state index in [0.29, 0.717) is 36.8 Å². The molecule has 0 spiro atoms. The maximum absolute atomic E-state index is 14.6. The van der Waals surface area contributed by atoms with Crippen LogP contribution in [0, 0.1) is 19.7 Å². The third-order valence-corrected chi connectivity index (χ3v) is 11.2. The Balaban J connectivity index is 1.00. The van der Waals surface area contributed by atoms with Gasteiger partial charge in [0.25, 0.3) is 5.91 Å². The Labute approximate surface area is 263 Å². The number of piperidine rings is 2. The van der Waals surface area contributed by atoms with Crippen LogP contribution in [0.4, 0.5) is 4.39 Å². The second-order valence-corrected chi connectivity index (χ2v) is 13.6. The summed E-state index contributed by atoms with van der Waals surface area (Å²) in [7, 11) is 0. The van der Waals surface area contributed by atoms with E-state index in [-0.39, 0.29) is 17.1 Å². The predicted molar refractivity (Wildman–Crippen MR) is 175 cm³/mol. The Kier molecular flexibility index (Phi) is 7.01. The Bertz CT molecular complexity index is 1870. The number of carbonyl (C=O) groups excluding carboxylic acids is 1. The number of benzene rings is 3. The summed E-state index contributed by atoms with van der Waals surface area (Å²) >= 11 is 0. The number of para-hydroxylation sites is 3. The van der Waals surface area contributed by atoms with Crippen molar-refractivity contribution in [2.24, 2.45) is 0 Å². The van der Waals surface area contributed by atoms with E-state index >= 15 is 0 Å².